The van der Waals surface area contributed by atoms with Gasteiger partial charge in [0.15, 0.2) is 0 Å². The Morgan fingerprint density at radius 2 is 1.04 bits per heavy atom. The summed E-state index contributed by atoms with van der Waals surface area (Å²) in [5.74, 6) is 0.575. The van der Waals surface area contributed by atoms with Gasteiger partial charge >= 0.3 is 0 Å². The van der Waals surface area contributed by atoms with Crippen LogP contribution in [-0.2, 0) is 0 Å². The summed E-state index contributed by atoms with van der Waals surface area (Å²) < 4.78 is 5.03. The van der Waals surface area contributed by atoms with E-state index in [-0.39, 0.29) is 0 Å². The van der Waals surface area contributed by atoms with E-state index in [0.717, 1.165) is 17.1 Å². The third kappa shape index (κ3) is 6.84. The number of rotatable bonds is 8. The van der Waals surface area contributed by atoms with Crippen molar-refractivity contribution in [2.24, 2.45) is 0 Å². The second kappa shape index (κ2) is 16.6. The van der Waals surface area contributed by atoms with Crippen LogP contribution in [0.2, 0.25) is 0 Å². The summed E-state index contributed by atoms with van der Waals surface area (Å²) in [6.45, 7) is 0. The molecule has 2 aromatic heterocycles. The lowest BCUT2D eigenvalue weighted by molar-refractivity contribution is 0.445. The molecule has 0 unspecified atom stereocenters. The minimum Gasteiger partial charge on any atom is -0.310 e. The summed E-state index contributed by atoms with van der Waals surface area (Å²) in [4.78, 5) is 2.51. The van der Waals surface area contributed by atoms with Crippen LogP contribution < -0.4 is 4.90 Å². The molecule has 0 saturated heterocycles. The average Bonchev–Trinajstić information content (AvgIpc) is 3.95. The van der Waals surface area contributed by atoms with E-state index < -0.39 is 0 Å². The zero-order chi connectivity index (χ0) is 44.3. The zero-order valence-electron chi connectivity index (χ0n) is 37.3. The molecule has 1 aliphatic rings. The van der Waals surface area contributed by atoms with Gasteiger partial charge in [-0.05, 0) is 130 Å². The van der Waals surface area contributed by atoms with Gasteiger partial charge in [-0.2, -0.15) is 0 Å². The van der Waals surface area contributed by atoms with Crippen LogP contribution >= 0.6 is 11.3 Å². The maximum Gasteiger partial charge on any atom is 0.0541 e. The van der Waals surface area contributed by atoms with Gasteiger partial charge in [0.05, 0.1) is 16.7 Å². The fourth-order valence-electron chi connectivity index (χ4n) is 11.3. The molecule has 0 amide bonds. The van der Waals surface area contributed by atoms with Gasteiger partial charge in [0, 0.05) is 53.6 Å². The number of fused-ring (bicyclic) bond motifs is 7. The van der Waals surface area contributed by atoms with Crippen molar-refractivity contribution in [3.05, 3.63) is 230 Å². The Bertz CT molecular complexity index is 3810. The Kier molecular flexibility index (Phi) is 9.83. The van der Waals surface area contributed by atoms with E-state index in [1.165, 1.54) is 129 Å². The summed E-state index contributed by atoms with van der Waals surface area (Å²) >= 11 is 1.89. The van der Waals surface area contributed by atoms with Crippen molar-refractivity contribution in [3.8, 4) is 39.1 Å². The minimum absolute atomic E-state index is 0.575. The molecule has 320 valence electrons. The first-order valence-corrected chi connectivity index (χ1v) is 24.7. The van der Waals surface area contributed by atoms with E-state index in [2.05, 4.69) is 234 Å². The second-order valence-corrected chi connectivity index (χ2v) is 19.3. The first-order valence-electron chi connectivity index (χ1n) is 23.9. The van der Waals surface area contributed by atoms with Crippen LogP contribution in [0.5, 0.6) is 0 Å². The van der Waals surface area contributed by atoms with Gasteiger partial charge < -0.3 is 9.47 Å². The van der Waals surface area contributed by atoms with Crippen LogP contribution in [0, 0.1) is 0 Å². The molecule has 3 heteroatoms. The molecular weight excluding hydrogens is 829 g/mol. The molecule has 12 aromatic rings. The molecule has 0 spiro atoms. The Labute approximate surface area is 395 Å². The van der Waals surface area contributed by atoms with E-state index in [4.69, 9.17) is 0 Å². The molecular formula is C64H48N2S. The second-order valence-electron chi connectivity index (χ2n) is 18.2. The number of anilines is 3. The molecule has 0 N–H and O–H groups in total. The normalized spacial score (nSPS) is 13.3. The molecule has 10 aromatic carbocycles. The molecule has 1 fully saturated rings. The average molecular weight is 877 g/mol. The number of thiophene rings is 1. The zero-order valence-corrected chi connectivity index (χ0v) is 38.1. The maximum atomic E-state index is 2.51. The highest BCUT2D eigenvalue weighted by molar-refractivity contribution is 7.26. The van der Waals surface area contributed by atoms with Gasteiger partial charge in [0.1, 0.15) is 0 Å². The molecule has 67 heavy (non-hydrogen) atoms. The highest BCUT2D eigenvalue weighted by atomic mass is 32.1. The van der Waals surface area contributed by atoms with Crippen molar-refractivity contribution in [2.75, 3.05) is 4.90 Å². The Balaban J connectivity index is 1.01. The third-order valence-electron chi connectivity index (χ3n) is 14.4. The maximum absolute atomic E-state index is 2.51. The Hall–Kier alpha value is -7.72. The largest absolute Gasteiger partial charge is 0.310 e. The first-order chi connectivity index (χ1) is 33.2. The van der Waals surface area contributed by atoms with Crippen LogP contribution in [0.1, 0.15) is 43.6 Å². The number of nitrogens with zero attached hydrogens (tertiary/aromatic N) is 2. The monoisotopic (exact) mass is 876 g/mol. The lowest BCUT2D eigenvalue weighted by Crippen LogP contribution is -2.12. The van der Waals surface area contributed by atoms with Gasteiger partial charge in [-0.1, -0.05) is 177 Å². The molecule has 0 aliphatic heterocycles. The molecule has 0 radical (unpaired) electrons. The highest BCUT2D eigenvalue weighted by Crippen LogP contribution is 2.48. The van der Waals surface area contributed by atoms with E-state index in [1.54, 1.807) is 0 Å². The van der Waals surface area contributed by atoms with Crippen molar-refractivity contribution in [3.63, 3.8) is 0 Å². The van der Waals surface area contributed by atoms with Gasteiger partial charge in [-0.3, -0.25) is 0 Å². The van der Waals surface area contributed by atoms with Gasteiger partial charge in [-0.25, -0.2) is 0 Å². The van der Waals surface area contributed by atoms with Gasteiger partial charge in [-0.15, -0.1) is 11.3 Å². The van der Waals surface area contributed by atoms with Crippen LogP contribution in [0.15, 0.2) is 224 Å². The summed E-state index contributed by atoms with van der Waals surface area (Å²) in [5, 5.41) is 7.84. The van der Waals surface area contributed by atoms with Crippen molar-refractivity contribution < 1.29 is 0 Å². The number of benzene rings is 10. The standard InChI is InChI=1S/C64H48N2S/c1-3-18-43(19-4-1)51-31-15-20-44-21-16-33-56(63(44)51)53-28-7-10-35-59(53)65(50-27-14-23-47(41-50)52-32-17-34-57-55-30-9-12-37-62(55)67-64(52)57)49-26-13-22-45(40-49)46-38-39-61-58(42-46)54-29-8-11-36-60(54)66(61)48-24-5-2-6-25-48/h2,5-17,20-43H,1,3-4,18-19H2. The molecule has 1 aliphatic carbocycles. The molecule has 13 rings (SSSR count). The Morgan fingerprint density at radius 1 is 0.418 bits per heavy atom. The Morgan fingerprint density at radius 3 is 1.91 bits per heavy atom. The predicted octanol–water partition coefficient (Wildman–Crippen LogP) is 18.8. The van der Waals surface area contributed by atoms with Crippen molar-refractivity contribution >= 4 is 81.1 Å². The van der Waals surface area contributed by atoms with Crippen LogP contribution in [0.4, 0.5) is 17.1 Å². The number of hydrogen-bond acceptors (Lipinski definition) is 2. The minimum atomic E-state index is 0.575. The topological polar surface area (TPSA) is 8.17 Å². The van der Waals surface area contributed by atoms with E-state index in [0.29, 0.717) is 5.92 Å². The third-order valence-corrected chi connectivity index (χ3v) is 15.6. The molecule has 2 heterocycles. The number of hydrogen-bond donors (Lipinski definition) is 0. The highest BCUT2D eigenvalue weighted by Gasteiger charge is 2.24. The van der Waals surface area contributed by atoms with Crippen LogP contribution in [-0.4, -0.2) is 4.57 Å². The summed E-state index contributed by atoms with van der Waals surface area (Å²) in [5.41, 5.74) is 15.8. The summed E-state index contributed by atoms with van der Waals surface area (Å²) in [7, 11) is 0. The molecule has 0 bridgehead atoms. The lowest BCUT2D eigenvalue weighted by Gasteiger charge is -2.30. The number of para-hydroxylation sites is 3. The SMILES string of the molecule is c1ccc(-n2c3ccccc3c3cc(-c4cccc(N(c5cccc(-c6cccc7c6sc6ccccc67)c5)c5ccccc5-c5cccc6cccc(C7CCCCC7)c56)c4)ccc32)cc1. The fraction of sp³-hybridized carbons (Fsp3) is 0.0938. The van der Waals surface area contributed by atoms with E-state index >= 15 is 0 Å². The molecule has 1 saturated carbocycles. The van der Waals surface area contributed by atoms with Crippen LogP contribution in [0.25, 0.3) is 91.8 Å². The van der Waals surface area contributed by atoms with E-state index in [1.807, 2.05) is 11.3 Å². The quantitative estimate of drug-likeness (QED) is 0.148. The van der Waals surface area contributed by atoms with Crippen molar-refractivity contribution in [1.82, 2.24) is 4.57 Å². The fourth-order valence-corrected chi connectivity index (χ4v) is 12.5. The first kappa shape index (κ1) is 39.6. The lowest BCUT2D eigenvalue weighted by atomic mass is 9.80. The number of aromatic nitrogens is 1. The van der Waals surface area contributed by atoms with Crippen LogP contribution in [0.3, 0.4) is 0 Å². The smallest absolute Gasteiger partial charge is 0.0541 e. The molecule has 2 nitrogen and oxygen atoms in total. The summed E-state index contributed by atoms with van der Waals surface area (Å²) in [6.07, 6.45) is 6.46. The molecule has 0 atom stereocenters. The predicted molar refractivity (Wildman–Crippen MR) is 288 cm³/mol. The van der Waals surface area contributed by atoms with Crippen molar-refractivity contribution in [1.29, 1.82) is 0 Å². The summed E-state index contributed by atoms with van der Waals surface area (Å²) in [6, 6.07) is 83.5. The van der Waals surface area contributed by atoms with Gasteiger partial charge in [0.2, 0.25) is 0 Å². The van der Waals surface area contributed by atoms with Crippen molar-refractivity contribution in [2.45, 2.75) is 38.0 Å². The van der Waals surface area contributed by atoms with E-state index in [9.17, 15) is 0 Å². The van der Waals surface area contributed by atoms with Gasteiger partial charge in [0.25, 0.3) is 0 Å².